The van der Waals surface area contributed by atoms with Crippen molar-refractivity contribution in [1.29, 1.82) is 0 Å². The Morgan fingerprint density at radius 2 is 1.96 bits per heavy atom. The third-order valence-corrected chi connectivity index (χ3v) is 4.36. The van der Waals surface area contributed by atoms with Gasteiger partial charge in [-0.15, -0.1) is 0 Å². The maximum atomic E-state index is 5.79. The van der Waals surface area contributed by atoms with Crippen LogP contribution in [0.1, 0.15) is 23.2 Å². The van der Waals surface area contributed by atoms with Gasteiger partial charge in [-0.2, -0.15) is 5.10 Å². The Balaban J connectivity index is 1.60. The molecule has 0 unspecified atom stereocenters. The van der Waals surface area contributed by atoms with E-state index in [1.165, 1.54) is 25.1 Å². The summed E-state index contributed by atoms with van der Waals surface area (Å²) < 4.78 is 1.59. The van der Waals surface area contributed by atoms with Gasteiger partial charge in [0, 0.05) is 19.6 Å². The number of nitrogens with two attached hydrogens (primary N) is 1. The fourth-order valence-corrected chi connectivity index (χ4v) is 2.95. The van der Waals surface area contributed by atoms with E-state index in [1.54, 1.807) is 4.68 Å². The maximum Gasteiger partial charge on any atom is 0.221 e. The molecule has 0 bridgehead atoms. The minimum atomic E-state index is 0.409. The van der Waals surface area contributed by atoms with Crippen LogP contribution in [0, 0.1) is 6.92 Å². The lowest BCUT2D eigenvalue weighted by molar-refractivity contribution is 0.269. The van der Waals surface area contributed by atoms with Crippen molar-refractivity contribution in [2.45, 2.75) is 19.9 Å². The highest BCUT2D eigenvalue weighted by atomic mass is 15.4. The molecule has 2 heterocycles. The molecule has 0 saturated carbocycles. The molecular weight excluding hydrogens is 300 g/mol. The van der Waals surface area contributed by atoms with Gasteiger partial charge in [0.05, 0.1) is 18.1 Å². The van der Waals surface area contributed by atoms with Gasteiger partial charge >= 0.3 is 0 Å². The van der Waals surface area contributed by atoms with E-state index < -0.39 is 0 Å². The van der Waals surface area contributed by atoms with Gasteiger partial charge in [-0.05, 0) is 44.6 Å². The van der Waals surface area contributed by atoms with Gasteiger partial charge in [0.2, 0.25) is 5.95 Å². The summed E-state index contributed by atoms with van der Waals surface area (Å²) in [6.45, 7) is 7.57. The van der Waals surface area contributed by atoms with Crippen LogP contribution in [0.2, 0.25) is 0 Å². The second-order valence-electron chi connectivity index (χ2n) is 6.50. The predicted molar refractivity (Wildman–Crippen MR) is 98.2 cm³/mol. The molecule has 0 aliphatic carbocycles. The first-order valence-electron chi connectivity index (χ1n) is 8.46. The largest absolute Gasteiger partial charge is 0.368 e. The Morgan fingerprint density at radius 3 is 2.67 bits per heavy atom. The first-order valence-corrected chi connectivity index (χ1v) is 8.46. The highest BCUT2D eigenvalue weighted by molar-refractivity contribution is 5.79. The molecule has 6 heteroatoms. The average Bonchev–Trinajstić information content (AvgIpc) is 2.75. The van der Waals surface area contributed by atoms with Crippen LogP contribution in [0.3, 0.4) is 0 Å². The number of aromatic nitrogens is 2. The Labute approximate surface area is 143 Å². The van der Waals surface area contributed by atoms with Crippen LogP contribution in [0.4, 0.5) is 5.95 Å². The van der Waals surface area contributed by atoms with Crippen molar-refractivity contribution in [3.05, 3.63) is 47.3 Å². The van der Waals surface area contributed by atoms with E-state index in [1.807, 2.05) is 19.3 Å². The summed E-state index contributed by atoms with van der Waals surface area (Å²) in [7, 11) is 2.20. The summed E-state index contributed by atoms with van der Waals surface area (Å²) >= 11 is 0. The highest BCUT2D eigenvalue weighted by Gasteiger charge is 2.12. The van der Waals surface area contributed by atoms with Crippen LogP contribution < -0.4 is 5.73 Å². The number of nitrogen functional groups attached to an aromatic ring is 1. The van der Waals surface area contributed by atoms with Gasteiger partial charge in [0.15, 0.2) is 0 Å². The fraction of sp³-hybridized carbons (Fsp3) is 0.444. The molecule has 1 aromatic heterocycles. The van der Waals surface area contributed by atoms with Crippen LogP contribution in [-0.4, -0.2) is 58.9 Å². The maximum absolute atomic E-state index is 5.79. The lowest BCUT2D eigenvalue weighted by Gasteiger charge is -2.20. The SMILES string of the molecule is Cc1cn(N=Cc2ccc(CN3CCCN(C)CC3)cc2)c(N)n1. The average molecular weight is 326 g/mol. The molecule has 2 N–H and O–H groups in total. The molecule has 6 nitrogen and oxygen atoms in total. The Kier molecular flexibility index (Phi) is 5.27. The molecule has 2 aromatic rings. The van der Waals surface area contributed by atoms with Crippen molar-refractivity contribution < 1.29 is 0 Å². The van der Waals surface area contributed by atoms with Gasteiger partial charge in [-0.3, -0.25) is 4.90 Å². The lowest BCUT2D eigenvalue weighted by Crippen LogP contribution is -2.28. The quantitative estimate of drug-likeness (QED) is 0.870. The van der Waals surface area contributed by atoms with Gasteiger partial charge in [0.25, 0.3) is 0 Å². The topological polar surface area (TPSA) is 62.7 Å². The zero-order valence-corrected chi connectivity index (χ0v) is 14.5. The van der Waals surface area contributed by atoms with Crippen molar-refractivity contribution >= 4 is 12.2 Å². The molecular formula is C18H26N6. The predicted octanol–water partition coefficient (Wildman–Crippen LogP) is 1.79. The molecule has 0 spiro atoms. The Morgan fingerprint density at radius 1 is 1.17 bits per heavy atom. The molecule has 1 aliphatic heterocycles. The van der Waals surface area contributed by atoms with Gasteiger partial charge in [-0.25, -0.2) is 9.66 Å². The van der Waals surface area contributed by atoms with Crippen LogP contribution >= 0.6 is 0 Å². The van der Waals surface area contributed by atoms with E-state index in [2.05, 4.69) is 51.2 Å². The van der Waals surface area contributed by atoms with E-state index >= 15 is 0 Å². The molecule has 1 saturated heterocycles. The van der Waals surface area contributed by atoms with Gasteiger partial charge in [0.1, 0.15) is 0 Å². The molecule has 1 fully saturated rings. The zero-order valence-electron chi connectivity index (χ0n) is 14.5. The van der Waals surface area contributed by atoms with Crippen molar-refractivity contribution in [1.82, 2.24) is 19.5 Å². The molecule has 24 heavy (non-hydrogen) atoms. The van der Waals surface area contributed by atoms with Crippen LogP contribution in [0.5, 0.6) is 0 Å². The zero-order chi connectivity index (χ0) is 16.9. The smallest absolute Gasteiger partial charge is 0.221 e. The number of aryl methyl sites for hydroxylation is 1. The van der Waals surface area contributed by atoms with E-state index in [-0.39, 0.29) is 0 Å². The number of imidazole rings is 1. The molecule has 0 atom stereocenters. The second-order valence-corrected chi connectivity index (χ2v) is 6.50. The Hall–Kier alpha value is -2.18. The third kappa shape index (κ3) is 4.43. The summed E-state index contributed by atoms with van der Waals surface area (Å²) in [5, 5.41) is 4.35. The number of hydrogen-bond donors (Lipinski definition) is 1. The number of rotatable bonds is 4. The van der Waals surface area contributed by atoms with Crippen molar-refractivity contribution in [3.8, 4) is 0 Å². The normalized spacial score (nSPS) is 17.4. The van der Waals surface area contributed by atoms with Crippen LogP contribution in [0.15, 0.2) is 35.6 Å². The van der Waals surface area contributed by atoms with Crippen molar-refractivity contribution in [2.24, 2.45) is 5.10 Å². The Bertz CT molecular complexity index is 688. The highest BCUT2D eigenvalue weighted by Crippen LogP contribution is 2.10. The molecule has 1 aromatic carbocycles. The molecule has 0 radical (unpaired) electrons. The second kappa shape index (κ2) is 7.59. The van der Waals surface area contributed by atoms with E-state index in [0.29, 0.717) is 5.95 Å². The standard InChI is InChI=1S/C18H26N6/c1-15-13-24(18(19)21-15)20-12-16-4-6-17(7-5-16)14-23-9-3-8-22(2)10-11-23/h4-7,12-13H,3,8-11,14H2,1-2H3,(H2,19,21). The fourth-order valence-electron chi connectivity index (χ4n) is 2.95. The molecule has 0 amide bonds. The number of hydrogen-bond acceptors (Lipinski definition) is 5. The summed E-state index contributed by atoms with van der Waals surface area (Å²) in [4.78, 5) is 9.07. The third-order valence-electron chi connectivity index (χ3n) is 4.36. The summed E-state index contributed by atoms with van der Waals surface area (Å²) in [6, 6.07) is 8.56. The summed E-state index contributed by atoms with van der Waals surface area (Å²) in [5.74, 6) is 0.409. The minimum absolute atomic E-state index is 0.409. The lowest BCUT2D eigenvalue weighted by atomic mass is 10.1. The van der Waals surface area contributed by atoms with Crippen molar-refractivity contribution in [3.63, 3.8) is 0 Å². The number of benzene rings is 1. The monoisotopic (exact) mass is 326 g/mol. The first kappa shape index (κ1) is 16.7. The molecule has 128 valence electrons. The molecule has 1 aliphatic rings. The van der Waals surface area contributed by atoms with Crippen LogP contribution in [-0.2, 0) is 6.54 Å². The van der Waals surface area contributed by atoms with Gasteiger partial charge in [-0.1, -0.05) is 24.3 Å². The first-order chi connectivity index (χ1) is 11.6. The van der Waals surface area contributed by atoms with Crippen molar-refractivity contribution in [2.75, 3.05) is 39.0 Å². The van der Waals surface area contributed by atoms with E-state index in [9.17, 15) is 0 Å². The van der Waals surface area contributed by atoms with E-state index in [4.69, 9.17) is 5.73 Å². The number of likely N-dealkylation sites (N-methyl/N-ethyl adjacent to an activating group) is 1. The number of nitrogens with zero attached hydrogens (tertiary/aromatic N) is 5. The minimum Gasteiger partial charge on any atom is -0.368 e. The van der Waals surface area contributed by atoms with E-state index in [0.717, 1.165) is 30.9 Å². The summed E-state index contributed by atoms with van der Waals surface area (Å²) in [6.07, 6.45) is 4.87. The molecule has 3 rings (SSSR count). The summed E-state index contributed by atoms with van der Waals surface area (Å²) in [5.41, 5.74) is 9.05. The number of anilines is 1. The van der Waals surface area contributed by atoms with Gasteiger partial charge < -0.3 is 10.6 Å². The van der Waals surface area contributed by atoms with Crippen LogP contribution in [0.25, 0.3) is 0 Å².